The number of hydrogen-bond donors (Lipinski definition) is 1. The summed E-state index contributed by atoms with van der Waals surface area (Å²) in [6, 6.07) is 16.8. The van der Waals surface area contributed by atoms with Gasteiger partial charge in [0.2, 0.25) is 0 Å². The zero-order valence-electron chi connectivity index (χ0n) is 18.0. The van der Waals surface area contributed by atoms with Crippen LogP contribution >= 0.6 is 0 Å². The lowest BCUT2D eigenvalue weighted by atomic mass is 9.89. The number of benzene rings is 2. The van der Waals surface area contributed by atoms with Crippen LogP contribution < -0.4 is 10.1 Å². The van der Waals surface area contributed by atoms with E-state index >= 15 is 0 Å². The van der Waals surface area contributed by atoms with Crippen LogP contribution in [0.4, 0.5) is 0 Å². The molecule has 0 spiro atoms. The molecule has 0 bridgehead atoms. The van der Waals surface area contributed by atoms with Crippen molar-refractivity contribution in [3.8, 4) is 5.75 Å². The first-order chi connectivity index (χ1) is 14.0. The number of likely N-dealkylation sites (tertiary alicyclic amines) is 1. The number of nitrogens with one attached hydrogen (secondary N) is 1. The van der Waals surface area contributed by atoms with E-state index in [2.05, 4.69) is 48.3 Å². The van der Waals surface area contributed by atoms with Crippen LogP contribution in [0.15, 0.2) is 48.5 Å². The molecule has 1 fully saturated rings. The van der Waals surface area contributed by atoms with Crippen molar-refractivity contribution in [2.24, 2.45) is 5.92 Å². The van der Waals surface area contributed by atoms with Gasteiger partial charge in [0, 0.05) is 18.2 Å². The first-order valence-corrected chi connectivity index (χ1v) is 10.8. The molecule has 2 aromatic rings. The van der Waals surface area contributed by atoms with E-state index in [1.807, 2.05) is 0 Å². The predicted molar refractivity (Wildman–Crippen MR) is 119 cm³/mol. The van der Waals surface area contributed by atoms with Crippen molar-refractivity contribution in [3.63, 3.8) is 0 Å². The van der Waals surface area contributed by atoms with Gasteiger partial charge in [0.25, 0.3) is 5.91 Å². The molecule has 0 aliphatic carbocycles. The molecule has 0 unspecified atom stereocenters. The van der Waals surface area contributed by atoms with E-state index in [0.717, 1.165) is 18.1 Å². The van der Waals surface area contributed by atoms with Gasteiger partial charge in [-0.1, -0.05) is 24.3 Å². The average Bonchev–Trinajstić information content (AvgIpc) is 2.75. The Hall–Kier alpha value is -2.33. The number of hydrogen-bond acceptors (Lipinski definition) is 3. The molecule has 4 nitrogen and oxygen atoms in total. The number of ether oxygens (including phenoxy) is 1. The van der Waals surface area contributed by atoms with Crippen LogP contribution in [-0.2, 0) is 12.8 Å². The van der Waals surface area contributed by atoms with Crippen molar-refractivity contribution in [3.05, 3.63) is 65.2 Å². The zero-order valence-corrected chi connectivity index (χ0v) is 18.0. The van der Waals surface area contributed by atoms with E-state index < -0.39 is 0 Å². The zero-order chi connectivity index (χ0) is 20.6. The van der Waals surface area contributed by atoms with Crippen LogP contribution in [0.25, 0.3) is 0 Å². The molecule has 1 heterocycles. The molecule has 156 valence electrons. The van der Waals surface area contributed by atoms with Gasteiger partial charge in [-0.05, 0) is 93.9 Å². The second kappa shape index (κ2) is 10.4. The maximum absolute atomic E-state index is 12.2. The molecule has 0 radical (unpaired) electrons. The molecule has 3 rings (SSSR count). The highest BCUT2D eigenvalue weighted by atomic mass is 16.5. The van der Waals surface area contributed by atoms with E-state index in [4.69, 9.17) is 4.74 Å². The van der Waals surface area contributed by atoms with E-state index in [0.29, 0.717) is 18.2 Å². The van der Waals surface area contributed by atoms with Crippen molar-refractivity contribution in [2.45, 2.75) is 45.6 Å². The Kier molecular flexibility index (Phi) is 7.70. The highest BCUT2D eigenvalue weighted by Crippen LogP contribution is 2.23. The molecular weight excluding hydrogens is 360 g/mol. The normalized spacial score (nSPS) is 15.4. The summed E-state index contributed by atoms with van der Waals surface area (Å²) in [4.78, 5) is 14.8. The molecular formula is C25H34N2O2. The van der Waals surface area contributed by atoms with Crippen molar-refractivity contribution in [1.82, 2.24) is 10.2 Å². The Morgan fingerprint density at radius 2 is 1.66 bits per heavy atom. The van der Waals surface area contributed by atoms with Crippen LogP contribution in [0.5, 0.6) is 5.75 Å². The van der Waals surface area contributed by atoms with Gasteiger partial charge in [-0.2, -0.15) is 0 Å². The molecule has 1 aliphatic rings. The minimum atomic E-state index is -0.0444. The number of carbonyl (C=O) groups is 1. The summed E-state index contributed by atoms with van der Waals surface area (Å²) in [5.41, 5.74) is 3.35. The molecule has 0 aromatic heterocycles. The first kappa shape index (κ1) is 21.4. The van der Waals surface area contributed by atoms with Gasteiger partial charge in [0.15, 0.2) is 0 Å². The molecule has 1 N–H and O–H groups in total. The van der Waals surface area contributed by atoms with Gasteiger partial charge < -0.3 is 15.0 Å². The molecule has 0 atom stereocenters. The number of amides is 1. The highest BCUT2D eigenvalue weighted by molar-refractivity contribution is 5.94. The number of piperidine rings is 1. The Balaban J connectivity index is 1.40. The minimum absolute atomic E-state index is 0.0444. The average molecular weight is 395 g/mol. The van der Waals surface area contributed by atoms with Crippen molar-refractivity contribution in [1.29, 1.82) is 0 Å². The second-order valence-corrected chi connectivity index (χ2v) is 8.33. The third-order valence-electron chi connectivity index (χ3n) is 5.98. The molecule has 29 heavy (non-hydrogen) atoms. The lowest BCUT2D eigenvalue weighted by molar-refractivity contribution is 0.0954. The fourth-order valence-corrected chi connectivity index (χ4v) is 4.01. The molecule has 4 heteroatoms. The Labute approximate surface area is 175 Å². The number of rotatable bonds is 8. The lowest BCUT2D eigenvalue weighted by Gasteiger charge is -2.34. The van der Waals surface area contributed by atoms with E-state index in [-0.39, 0.29) is 5.91 Å². The summed E-state index contributed by atoms with van der Waals surface area (Å²) >= 11 is 0. The quantitative estimate of drug-likeness (QED) is 0.725. The third-order valence-corrected chi connectivity index (χ3v) is 5.98. The Morgan fingerprint density at radius 3 is 2.24 bits per heavy atom. The number of methoxy groups -OCH3 is 1. The van der Waals surface area contributed by atoms with Gasteiger partial charge in [0.05, 0.1) is 7.11 Å². The fraction of sp³-hybridized carbons (Fsp3) is 0.480. The van der Waals surface area contributed by atoms with E-state index in [1.165, 1.54) is 43.5 Å². The summed E-state index contributed by atoms with van der Waals surface area (Å²) in [5, 5.41) is 2.99. The van der Waals surface area contributed by atoms with E-state index in [9.17, 15) is 4.79 Å². The lowest BCUT2D eigenvalue weighted by Crippen LogP contribution is -2.38. The molecule has 1 amide bonds. The van der Waals surface area contributed by atoms with Crippen LogP contribution in [0.2, 0.25) is 0 Å². The van der Waals surface area contributed by atoms with E-state index in [1.54, 1.807) is 31.4 Å². The first-order valence-electron chi connectivity index (χ1n) is 10.8. The highest BCUT2D eigenvalue weighted by Gasteiger charge is 2.20. The number of carbonyl (C=O) groups excluding carboxylic acids is 1. The number of nitrogens with zero attached hydrogens (tertiary/aromatic N) is 1. The van der Waals surface area contributed by atoms with Gasteiger partial charge >= 0.3 is 0 Å². The SMILES string of the molecule is COc1ccc(C(=O)NCCc2ccc(CC3CCN(C(C)C)CC3)cc2)cc1. The van der Waals surface area contributed by atoms with Crippen molar-refractivity contribution < 1.29 is 9.53 Å². The Bertz CT molecular complexity index is 760. The van der Waals surface area contributed by atoms with Crippen LogP contribution in [-0.4, -0.2) is 43.6 Å². The topological polar surface area (TPSA) is 41.6 Å². The Morgan fingerprint density at radius 1 is 1.03 bits per heavy atom. The molecule has 1 aliphatic heterocycles. The maximum atomic E-state index is 12.2. The summed E-state index contributed by atoms with van der Waals surface area (Å²) < 4.78 is 5.13. The molecule has 0 saturated carbocycles. The van der Waals surface area contributed by atoms with Gasteiger partial charge in [0.1, 0.15) is 5.75 Å². The summed E-state index contributed by atoms with van der Waals surface area (Å²) in [6.07, 6.45) is 4.63. The van der Waals surface area contributed by atoms with Gasteiger partial charge in [-0.25, -0.2) is 0 Å². The third kappa shape index (κ3) is 6.33. The largest absolute Gasteiger partial charge is 0.497 e. The van der Waals surface area contributed by atoms with Crippen molar-refractivity contribution in [2.75, 3.05) is 26.7 Å². The predicted octanol–water partition coefficient (Wildman–Crippen LogP) is 4.33. The second-order valence-electron chi connectivity index (χ2n) is 8.33. The molecule has 2 aromatic carbocycles. The standard InChI is InChI=1S/C25H34N2O2/c1-19(2)27-16-13-22(14-17-27)18-21-6-4-20(5-7-21)12-15-26-25(28)23-8-10-24(29-3)11-9-23/h4-11,19,22H,12-18H2,1-3H3,(H,26,28). The summed E-state index contributed by atoms with van der Waals surface area (Å²) in [7, 11) is 1.62. The maximum Gasteiger partial charge on any atom is 0.251 e. The van der Waals surface area contributed by atoms with Crippen molar-refractivity contribution >= 4 is 5.91 Å². The van der Waals surface area contributed by atoms with Gasteiger partial charge in [-0.3, -0.25) is 4.79 Å². The van der Waals surface area contributed by atoms with Gasteiger partial charge in [-0.15, -0.1) is 0 Å². The summed E-state index contributed by atoms with van der Waals surface area (Å²) in [6.45, 7) is 7.68. The minimum Gasteiger partial charge on any atom is -0.497 e. The monoisotopic (exact) mass is 394 g/mol. The van der Waals surface area contributed by atoms with Crippen LogP contribution in [0, 0.1) is 5.92 Å². The molecule has 1 saturated heterocycles. The van der Waals surface area contributed by atoms with Crippen LogP contribution in [0.1, 0.15) is 48.2 Å². The summed E-state index contributed by atoms with van der Waals surface area (Å²) in [5.74, 6) is 1.52. The fourth-order valence-electron chi connectivity index (χ4n) is 4.01. The smallest absolute Gasteiger partial charge is 0.251 e. The van der Waals surface area contributed by atoms with Crippen LogP contribution in [0.3, 0.4) is 0 Å².